The van der Waals surface area contributed by atoms with E-state index in [1.54, 1.807) is 0 Å². The van der Waals surface area contributed by atoms with Crippen molar-refractivity contribution in [1.82, 2.24) is 14.3 Å². The molecule has 1 aliphatic heterocycles. The lowest BCUT2D eigenvalue weighted by atomic mass is 10.1. The van der Waals surface area contributed by atoms with Crippen molar-refractivity contribution in [3.8, 4) is 11.4 Å². The Balaban J connectivity index is 1.81. The van der Waals surface area contributed by atoms with Gasteiger partial charge in [-0.2, -0.15) is 17.9 Å². The van der Waals surface area contributed by atoms with Crippen LogP contribution in [0.1, 0.15) is 23.1 Å². The number of hydrogen-bond acceptors (Lipinski definition) is 5. The molecule has 0 fully saturated rings. The molecule has 4 rings (SSSR count). The van der Waals surface area contributed by atoms with Crippen molar-refractivity contribution in [2.75, 3.05) is 5.32 Å². The van der Waals surface area contributed by atoms with Crippen LogP contribution < -0.4 is 15.7 Å². The van der Waals surface area contributed by atoms with Crippen LogP contribution in [0.3, 0.4) is 0 Å². The Labute approximate surface area is 198 Å². The number of alkyl halides is 3. The lowest BCUT2D eigenvalue weighted by Gasteiger charge is -2.20. The molecule has 2 atom stereocenters. The Morgan fingerprint density at radius 3 is 2.50 bits per heavy atom. The number of aromatic nitrogens is 3. The van der Waals surface area contributed by atoms with Gasteiger partial charge in [0.05, 0.1) is 18.2 Å². The number of halogens is 6. The number of carbonyl (C=O) groups is 1. The first kappa shape index (κ1) is 25.0. The van der Waals surface area contributed by atoms with Gasteiger partial charge in [-0.3, -0.25) is 9.36 Å². The first-order chi connectivity index (χ1) is 16.9. The second-order valence-electron chi connectivity index (χ2n) is 7.74. The zero-order chi connectivity index (χ0) is 26.4. The minimum Gasteiger partial charge on any atom is -0.480 e. The number of ether oxygens (including phenoxy) is 1. The summed E-state index contributed by atoms with van der Waals surface area (Å²) in [6, 6.07) is 3.76. The molecule has 14 heteroatoms. The van der Waals surface area contributed by atoms with Gasteiger partial charge in [-0.25, -0.2) is 18.0 Å². The van der Waals surface area contributed by atoms with Crippen LogP contribution in [0.4, 0.5) is 32.0 Å². The van der Waals surface area contributed by atoms with E-state index in [9.17, 15) is 36.6 Å². The Bertz CT molecular complexity index is 1410. The molecule has 0 bridgehead atoms. The van der Waals surface area contributed by atoms with E-state index in [1.807, 2.05) is 5.32 Å². The van der Waals surface area contributed by atoms with Gasteiger partial charge < -0.3 is 15.2 Å². The summed E-state index contributed by atoms with van der Waals surface area (Å²) in [6.45, 7) is 0.421. The molecular weight excluding hydrogens is 498 g/mol. The number of carbonyl (C=O) groups excluding carboxylic acids is 1. The summed E-state index contributed by atoms with van der Waals surface area (Å²) in [5.41, 5.74) is -3.33. The summed E-state index contributed by atoms with van der Waals surface area (Å²) in [4.78, 5) is 25.4. The van der Waals surface area contributed by atoms with Crippen molar-refractivity contribution in [3.63, 3.8) is 0 Å². The number of benzene rings is 2. The fourth-order valence-electron chi connectivity index (χ4n) is 3.34. The second kappa shape index (κ2) is 9.18. The smallest absolute Gasteiger partial charge is 0.425 e. The Morgan fingerprint density at radius 1 is 1.19 bits per heavy atom. The molecule has 36 heavy (non-hydrogen) atoms. The molecule has 2 heterocycles. The number of aliphatic hydroxyl groups excluding tert-OH is 1. The molecule has 2 N–H and O–H groups in total. The van der Waals surface area contributed by atoms with Gasteiger partial charge in [0.15, 0.2) is 11.9 Å². The van der Waals surface area contributed by atoms with Crippen LogP contribution in [0.2, 0.25) is 0 Å². The van der Waals surface area contributed by atoms with Gasteiger partial charge in [-0.05, 0) is 31.2 Å². The normalized spacial score (nSPS) is 15.9. The minimum absolute atomic E-state index is 0.0349. The van der Waals surface area contributed by atoms with Gasteiger partial charge in [0.1, 0.15) is 34.6 Å². The van der Waals surface area contributed by atoms with Gasteiger partial charge in [-0.1, -0.05) is 12.1 Å². The maximum atomic E-state index is 15.1. The highest BCUT2D eigenvalue weighted by atomic mass is 19.4. The number of fused-ring (bicyclic) bond motifs is 1. The van der Waals surface area contributed by atoms with Crippen molar-refractivity contribution >= 4 is 17.7 Å². The molecule has 1 amide bonds. The van der Waals surface area contributed by atoms with Gasteiger partial charge in [0.2, 0.25) is 0 Å². The number of hydrogen-bond donors (Lipinski definition) is 2. The Hall–Kier alpha value is -4.07. The zero-order valence-corrected chi connectivity index (χ0v) is 18.2. The molecule has 190 valence electrons. The van der Waals surface area contributed by atoms with Crippen LogP contribution in [0, 0.1) is 17.5 Å². The highest BCUT2D eigenvalue weighted by molar-refractivity contribution is 6.06. The fourth-order valence-corrected chi connectivity index (χ4v) is 3.34. The van der Waals surface area contributed by atoms with Crippen LogP contribution in [0.25, 0.3) is 11.8 Å². The first-order valence-corrected chi connectivity index (χ1v) is 10.3. The molecule has 0 saturated carbocycles. The van der Waals surface area contributed by atoms with Gasteiger partial charge in [-0.15, -0.1) is 5.10 Å². The maximum Gasteiger partial charge on any atom is 0.425 e. The Morgan fingerprint density at radius 2 is 1.86 bits per heavy atom. The average Bonchev–Trinajstić information content (AvgIpc) is 3.12. The molecule has 1 unspecified atom stereocenters. The van der Waals surface area contributed by atoms with Crippen LogP contribution in [-0.2, 0) is 6.54 Å². The van der Waals surface area contributed by atoms with Crippen molar-refractivity contribution in [2.45, 2.75) is 31.9 Å². The summed E-state index contributed by atoms with van der Waals surface area (Å²) in [5, 5.41) is 15.5. The maximum absolute atomic E-state index is 15.1. The molecule has 0 spiro atoms. The molecule has 0 aliphatic carbocycles. The monoisotopic (exact) mass is 514 g/mol. The minimum atomic E-state index is -4.90. The van der Waals surface area contributed by atoms with E-state index in [0.717, 1.165) is 22.8 Å². The first-order valence-electron chi connectivity index (χ1n) is 10.3. The third-order valence-electron chi connectivity index (χ3n) is 5.22. The van der Waals surface area contributed by atoms with Crippen molar-refractivity contribution < 1.29 is 41.0 Å². The third kappa shape index (κ3) is 4.71. The average molecular weight is 514 g/mol. The second-order valence-corrected chi connectivity index (χ2v) is 7.74. The van der Waals surface area contributed by atoms with E-state index >= 15 is 4.39 Å². The molecule has 0 radical (unpaired) electrons. The van der Waals surface area contributed by atoms with Crippen LogP contribution >= 0.6 is 0 Å². The van der Waals surface area contributed by atoms with E-state index in [4.69, 9.17) is 4.74 Å². The highest BCUT2D eigenvalue weighted by Crippen LogP contribution is 2.31. The van der Waals surface area contributed by atoms with Crippen molar-refractivity contribution in [2.24, 2.45) is 0 Å². The van der Waals surface area contributed by atoms with E-state index in [0.29, 0.717) is 23.7 Å². The molecule has 0 saturated heterocycles. The largest absolute Gasteiger partial charge is 0.480 e. The topological polar surface area (TPSA) is 98.4 Å². The van der Waals surface area contributed by atoms with Crippen LogP contribution in [-0.4, -0.2) is 43.7 Å². The van der Waals surface area contributed by atoms with E-state index in [-0.39, 0.29) is 12.4 Å². The highest BCUT2D eigenvalue weighted by Gasteiger charge is 2.39. The predicted molar refractivity (Wildman–Crippen MR) is 113 cm³/mol. The molecule has 3 aromatic rings. The summed E-state index contributed by atoms with van der Waals surface area (Å²) in [6.07, 6.45) is -5.79. The number of para-hydroxylation sites is 1. The number of anilines is 1. The quantitative estimate of drug-likeness (QED) is 0.509. The van der Waals surface area contributed by atoms with Gasteiger partial charge in [0.25, 0.3) is 5.91 Å². The Kier molecular flexibility index (Phi) is 6.39. The molecule has 8 nitrogen and oxygen atoms in total. The number of rotatable bonds is 5. The predicted octanol–water partition coefficient (Wildman–Crippen LogP) is 3.42. The van der Waals surface area contributed by atoms with Crippen LogP contribution in [0.5, 0.6) is 5.75 Å². The van der Waals surface area contributed by atoms with Gasteiger partial charge >= 0.3 is 11.9 Å². The fraction of sp³-hybridized carbons (Fsp3) is 0.227. The molecule has 2 aromatic carbocycles. The lowest BCUT2D eigenvalue weighted by Crippen LogP contribution is -2.32. The molecule has 1 aromatic heterocycles. The van der Waals surface area contributed by atoms with Crippen LogP contribution in [0.15, 0.2) is 41.2 Å². The number of amides is 1. The third-order valence-corrected chi connectivity index (χ3v) is 5.22. The lowest BCUT2D eigenvalue weighted by molar-refractivity contribution is -0.189. The summed E-state index contributed by atoms with van der Waals surface area (Å²) < 4.78 is 88.9. The number of nitrogens with one attached hydrogen (secondary N) is 1. The van der Waals surface area contributed by atoms with Gasteiger partial charge in [0, 0.05) is 6.07 Å². The molecular formula is C22H16F6N4O4. The van der Waals surface area contributed by atoms with E-state index in [2.05, 4.69) is 5.10 Å². The zero-order valence-electron chi connectivity index (χ0n) is 18.2. The van der Waals surface area contributed by atoms with Crippen molar-refractivity contribution in [1.29, 1.82) is 0 Å². The van der Waals surface area contributed by atoms with Crippen molar-refractivity contribution in [3.05, 3.63) is 75.7 Å². The summed E-state index contributed by atoms with van der Waals surface area (Å²) in [7, 11) is 0. The number of nitrogens with zero attached hydrogens (tertiary/aromatic N) is 3. The number of aliphatic hydroxyl groups is 1. The standard InChI is InChI=1S/C22H16F6N4O4/c1-10(22(26,27)28)36-17-8-16(32-21(35)31-9-11(33)5-6-18(31)30-32)15(25)7-12(17)20(34)29-19-13(23)3-2-4-14(19)24/h2-8,10-11,33H,9H2,1H3,(H,29,34)/t10-,11?/m0/s1. The molecule has 1 aliphatic rings. The van der Waals surface area contributed by atoms with E-state index < -0.39 is 70.1 Å². The SMILES string of the molecule is C[C@H](Oc1cc(-n2nc3n(c2=O)CC(O)C=C3)c(F)cc1C(=O)Nc1c(F)cccc1F)C(F)(F)F. The summed E-state index contributed by atoms with van der Waals surface area (Å²) >= 11 is 0. The summed E-state index contributed by atoms with van der Waals surface area (Å²) in [5.74, 6) is -5.82. The van der Waals surface area contributed by atoms with E-state index in [1.165, 1.54) is 12.2 Å².